The Morgan fingerprint density at radius 1 is 0.624 bits per heavy atom. The lowest BCUT2D eigenvalue weighted by Gasteiger charge is -2.30. The Bertz CT molecular complexity index is 2530. The van der Waals surface area contributed by atoms with Crippen LogP contribution in [0.3, 0.4) is 0 Å². The monoisotopic (exact) mass is 1200 g/mol. The Labute approximate surface area is 493 Å². The Hall–Kier alpha value is -7.71. The molecule has 23 N–H and O–H groups in total. The van der Waals surface area contributed by atoms with E-state index in [0.29, 0.717) is 12.0 Å². The molecule has 1 fully saturated rings. The minimum Gasteiger partial charge on any atom is -0.391 e. The maximum atomic E-state index is 14.5. The van der Waals surface area contributed by atoms with Crippen molar-refractivity contribution in [3.63, 3.8) is 0 Å². The molecule has 0 radical (unpaired) electrons. The molecule has 0 aromatic heterocycles. The number of carbonyl (C=O) groups excluding carboxylic acids is 11. The van der Waals surface area contributed by atoms with Gasteiger partial charge in [0.2, 0.25) is 64.8 Å². The summed E-state index contributed by atoms with van der Waals surface area (Å²) in [6.07, 6.45) is -2.94. The van der Waals surface area contributed by atoms with Crippen LogP contribution in [0.25, 0.3) is 0 Å². The van der Waals surface area contributed by atoms with Crippen molar-refractivity contribution in [2.75, 3.05) is 45.9 Å². The molecule has 1 aliphatic heterocycles. The molecule has 12 atom stereocenters. The Morgan fingerprint density at radius 2 is 1.12 bits per heavy atom. The predicted molar refractivity (Wildman–Crippen MR) is 310 cm³/mol. The van der Waals surface area contributed by atoms with Gasteiger partial charge in [0.25, 0.3) is 5.91 Å². The molecule has 85 heavy (non-hydrogen) atoms. The van der Waals surface area contributed by atoms with Crippen LogP contribution in [-0.2, 0) is 70.5 Å². The number of nitrogens with one attached hydrogen (secondary N) is 11. The van der Waals surface area contributed by atoms with Crippen LogP contribution in [0.1, 0.15) is 83.8 Å². The third kappa shape index (κ3) is 24.1. The van der Waals surface area contributed by atoms with Crippen molar-refractivity contribution < 1.29 is 67.7 Å². The van der Waals surface area contributed by atoms with Crippen molar-refractivity contribution in [3.8, 4) is 0 Å². The largest absolute Gasteiger partial charge is 0.391 e. The van der Waals surface area contributed by atoms with E-state index in [4.69, 9.17) is 33.4 Å². The second kappa shape index (κ2) is 36.9. The minimum atomic E-state index is -2.71. The SMILES string of the molecule is CC[C@H](C)[C@@H]1NC(=O)[C@@H](Cc2ccccc2)NC(=O)[C@H](CCN)NC(=O)[C@@H](NC(=O)[C@H](CCN)NC(=O)[C@@H](NC(=O)[C@H](CCN)NC(=O)COCc2ccccc2)[C@@H](C)O)CCNC(=O)[C@](C)(O)NC(=O)[C@H](CCN)NC(=O)[C@H](CCN)NC1=O. The van der Waals surface area contributed by atoms with E-state index >= 15 is 0 Å². The second-order valence-corrected chi connectivity index (χ2v) is 20.7. The first-order valence-corrected chi connectivity index (χ1v) is 28.3. The van der Waals surface area contributed by atoms with Crippen molar-refractivity contribution >= 4 is 65.0 Å². The van der Waals surface area contributed by atoms with E-state index in [1.165, 1.54) is 6.92 Å². The number of aliphatic hydroxyl groups excluding tert-OH is 1. The van der Waals surface area contributed by atoms with E-state index in [2.05, 4.69) is 58.5 Å². The molecule has 0 aliphatic carbocycles. The summed E-state index contributed by atoms with van der Waals surface area (Å²) in [4.78, 5) is 153. The molecule has 0 bridgehead atoms. The molecule has 1 heterocycles. The van der Waals surface area contributed by atoms with Gasteiger partial charge >= 0.3 is 0 Å². The van der Waals surface area contributed by atoms with Crippen molar-refractivity contribution in [1.82, 2.24) is 58.5 Å². The average molecular weight is 1200 g/mol. The number of hydrogen-bond donors (Lipinski definition) is 18. The van der Waals surface area contributed by atoms with Crippen LogP contribution in [0, 0.1) is 5.92 Å². The van der Waals surface area contributed by atoms with Gasteiger partial charge in [-0.05, 0) is 102 Å². The smallest absolute Gasteiger partial charge is 0.272 e. The van der Waals surface area contributed by atoms with Crippen LogP contribution in [0.15, 0.2) is 60.7 Å². The number of aliphatic hydroxyl groups is 2. The first-order valence-electron chi connectivity index (χ1n) is 28.3. The lowest BCUT2D eigenvalue weighted by molar-refractivity contribution is -0.148. The maximum absolute atomic E-state index is 14.5. The number of carbonyl (C=O) groups is 11. The summed E-state index contributed by atoms with van der Waals surface area (Å²) in [5.41, 5.74) is 27.9. The summed E-state index contributed by atoms with van der Waals surface area (Å²) in [5.74, 6) is -11.2. The number of hydrogen-bond acceptors (Lipinski definition) is 19. The fourth-order valence-corrected chi connectivity index (χ4v) is 8.69. The molecule has 0 spiro atoms. The number of amides is 11. The van der Waals surface area contributed by atoms with Gasteiger partial charge in [0, 0.05) is 13.0 Å². The molecular formula is C55H88N16O14. The fourth-order valence-electron chi connectivity index (χ4n) is 8.69. The van der Waals surface area contributed by atoms with Crippen molar-refractivity contribution in [2.24, 2.45) is 34.6 Å². The quantitative estimate of drug-likeness (QED) is 0.0416. The highest BCUT2D eigenvalue weighted by molar-refractivity contribution is 5.99. The first kappa shape index (κ1) is 71.6. The number of nitrogens with two attached hydrogens (primary N) is 5. The van der Waals surface area contributed by atoms with Crippen LogP contribution in [0.2, 0.25) is 0 Å². The molecule has 472 valence electrons. The van der Waals surface area contributed by atoms with Gasteiger partial charge in [-0.15, -0.1) is 0 Å². The van der Waals surface area contributed by atoms with Crippen molar-refractivity contribution in [2.45, 2.75) is 152 Å². The fraction of sp³-hybridized carbons (Fsp3) is 0.582. The lowest BCUT2D eigenvalue weighted by atomic mass is 9.96. The zero-order valence-electron chi connectivity index (χ0n) is 48.6. The molecule has 1 aliphatic rings. The Morgan fingerprint density at radius 3 is 1.65 bits per heavy atom. The third-order valence-electron chi connectivity index (χ3n) is 13.7. The van der Waals surface area contributed by atoms with Gasteiger partial charge in [-0.3, -0.25) is 52.7 Å². The van der Waals surface area contributed by atoms with Gasteiger partial charge in [0.1, 0.15) is 61.0 Å². The molecule has 2 aromatic rings. The van der Waals surface area contributed by atoms with Crippen LogP contribution >= 0.6 is 0 Å². The lowest BCUT2D eigenvalue weighted by Crippen LogP contribution is -2.63. The zero-order chi connectivity index (χ0) is 63.2. The van der Waals surface area contributed by atoms with Gasteiger partial charge in [-0.2, -0.15) is 0 Å². The van der Waals surface area contributed by atoms with Crippen molar-refractivity contribution in [3.05, 3.63) is 71.8 Å². The standard InChI is InChI=1S/C55H88N16O14/c1-5-31(2)43-52(81)66-37(18-24-58)45(74)64-39(20-26-60)51(80)71-55(4,84)54(83)61-27-21-40(48(77)63-36(17-23-57)47(76)68-41(50(79)69-43)28-33-12-8-6-9-13-33)65-46(75)38(19-25-59)67-53(82)44(32(3)72)70-49(78)35(16-22-56)62-42(73)30-85-29-34-14-10-7-11-15-34/h6-15,31-32,35-41,43-44,72,84H,5,16-30,56-60H2,1-4H3,(H,61,83)(H,62,73)(H,63,77)(H,64,74)(H,65,75)(H,66,81)(H,67,82)(H,68,76)(H,69,79)(H,70,78)(H,71,80)/t31-,32+,35-,36-,37-,38-,39-,40-,41+,43-,44-,55-/m0/s1. The molecule has 0 saturated carbocycles. The van der Waals surface area contributed by atoms with Gasteiger partial charge < -0.3 is 102 Å². The number of benzene rings is 2. The number of ether oxygens (including phenoxy) is 1. The first-order chi connectivity index (χ1) is 40.4. The molecule has 3 rings (SSSR count). The highest BCUT2D eigenvalue weighted by atomic mass is 16.5. The maximum Gasteiger partial charge on any atom is 0.272 e. The van der Waals surface area contributed by atoms with Crippen molar-refractivity contribution in [1.29, 1.82) is 0 Å². The van der Waals surface area contributed by atoms with Gasteiger partial charge in [0.05, 0.1) is 12.7 Å². The van der Waals surface area contributed by atoms with E-state index < -0.39 is 157 Å². The highest BCUT2D eigenvalue weighted by Gasteiger charge is 2.39. The summed E-state index contributed by atoms with van der Waals surface area (Å²) < 4.78 is 5.47. The summed E-state index contributed by atoms with van der Waals surface area (Å²) >= 11 is 0. The summed E-state index contributed by atoms with van der Waals surface area (Å²) in [6.45, 7) is 3.78. The Kier molecular flexibility index (Phi) is 31.0. The highest BCUT2D eigenvalue weighted by Crippen LogP contribution is 2.13. The topological polar surface area (TPSA) is 500 Å². The average Bonchev–Trinajstić information content (AvgIpc) is 3.67. The molecule has 1 saturated heterocycles. The van der Waals surface area contributed by atoms with Crippen LogP contribution in [-0.4, -0.2) is 187 Å². The summed E-state index contributed by atoms with van der Waals surface area (Å²) in [5, 5.41) is 49.4. The van der Waals surface area contributed by atoms with Crippen LogP contribution in [0.4, 0.5) is 0 Å². The van der Waals surface area contributed by atoms with E-state index in [9.17, 15) is 63.0 Å². The van der Waals surface area contributed by atoms with E-state index in [-0.39, 0.29) is 77.9 Å². The summed E-state index contributed by atoms with van der Waals surface area (Å²) in [6, 6.07) is 4.00. The summed E-state index contributed by atoms with van der Waals surface area (Å²) in [7, 11) is 0. The molecular weight excluding hydrogens is 1110 g/mol. The van der Waals surface area contributed by atoms with Gasteiger partial charge in [-0.25, -0.2) is 0 Å². The Balaban J connectivity index is 2.03. The van der Waals surface area contributed by atoms with Gasteiger partial charge in [-0.1, -0.05) is 80.9 Å². The molecule has 30 heteroatoms. The third-order valence-corrected chi connectivity index (χ3v) is 13.7. The van der Waals surface area contributed by atoms with E-state index in [1.54, 1.807) is 68.4 Å². The van der Waals surface area contributed by atoms with Crippen LogP contribution in [0.5, 0.6) is 0 Å². The van der Waals surface area contributed by atoms with E-state index in [0.717, 1.165) is 12.5 Å². The molecule has 2 aromatic carbocycles. The number of rotatable bonds is 26. The van der Waals surface area contributed by atoms with E-state index in [1.807, 2.05) is 6.07 Å². The normalized spacial score (nSPS) is 23.3. The predicted octanol–water partition coefficient (Wildman–Crippen LogP) is -6.68. The minimum absolute atomic E-state index is 0.0846. The van der Waals surface area contributed by atoms with Gasteiger partial charge in [0.15, 0.2) is 0 Å². The van der Waals surface area contributed by atoms with Crippen LogP contribution < -0.4 is 87.2 Å². The molecule has 0 unspecified atom stereocenters. The molecule has 30 nitrogen and oxygen atoms in total. The second-order valence-electron chi connectivity index (χ2n) is 20.7. The molecule has 11 amide bonds. The zero-order valence-corrected chi connectivity index (χ0v) is 48.6.